The van der Waals surface area contributed by atoms with Crippen molar-refractivity contribution < 1.29 is 0 Å². The van der Waals surface area contributed by atoms with Crippen LogP contribution in [0.5, 0.6) is 0 Å². The van der Waals surface area contributed by atoms with Crippen molar-refractivity contribution in [2.24, 2.45) is 0 Å². The second-order valence-corrected chi connectivity index (χ2v) is 9.97. The summed E-state index contributed by atoms with van der Waals surface area (Å²) in [6, 6.07) is 34.5. The molecule has 2 heterocycles. The Morgan fingerprint density at radius 3 is 1.41 bits per heavy atom. The van der Waals surface area contributed by atoms with Crippen molar-refractivity contribution in [3.8, 4) is 21.1 Å². The largest absolute Gasteiger partial charge is 0.236 e. The van der Waals surface area contributed by atoms with E-state index >= 15 is 0 Å². The first-order valence-corrected chi connectivity index (χ1v) is 12.1. The van der Waals surface area contributed by atoms with Gasteiger partial charge in [-0.1, -0.05) is 60.7 Å². The average Bonchev–Trinajstić information content (AvgIpc) is 3.47. The Labute approximate surface area is 192 Å². The number of thiazole rings is 2. The number of rotatable bonds is 2. The second-order valence-electron chi connectivity index (χ2n) is 7.91. The van der Waals surface area contributed by atoms with E-state index in [1.54, 1.807) is 22.7 Å². The van der Waals surface area contributed by atoms with Gasteiger partial charge in [0.05, 0.1) is 20.4 Å². The van der Waals surface area contributed by atoms with Crippen LogP contribution in [0.1, 0.15) is 0 Å². The number of hydrogen-bond acceptors (Lipinski definition) is 4. The maximum Gasteiger partial charge on any atom is 0.124 e. The molecule has 5 aromatic carbocycles. The summed E-state index contributed by atoms with van der Waals surface area (Å²) < 4.78 is 2.45. The second kappa shape index (κ2) is 6.95. The van der Waals surface area contributed by atoms with Crippen LogP contribution in [0.2, 0.25) is 0 Å². The first-order chi connectivity index (χ1) is 15.8. The van der Waals surface area contributed by atoms with Crippen molar-refractivity contribution in [1.29, 1.82) is 0 Å². The Kier molecular flexibility index (Phi) is 3.92. The van der Waals surface area contributed by atoms with Crippen LogP contribution in [0.15, 0.2) is 97.1 Å². The number of nitrogens with zero attached hydrogens (tertiary/aromatic N) is 2. The summed E-state index contributed by atoms with van der Waals surface area (Å²) in [6.45, 7) is 0. The lowest BCUT2D eigenvalue weighted by Crippen LogP contribution is -1.82. The van der Waals surface area contributed by atoms with E-state index in [0.717, 1.165) is 21.0 Å². The molecule has 7 rings (SSSR count). The molecule has 0 saturated carbocycles. The normalized spacial score (nSPS) is 11.8. The fourth-order valence-electron chi connectivity index (χ4n) is 4.33. The standard InChI is InChI=1S/C28H16N2S2/c1-3-7-25-23(5-1)29-27(31-25)19-11-13-21-17(15-19)9-10-18-16-20(12-14-22(18)21)28-30-24-6-2-4-8-26(24)32-28/h1-16H. The van der Waals surface area contributed by atoms with Crippen LogP contribution in [-0.2, 0) is 0 Å². The molecular weight excluding hydrogens is 428 g/mol. The lowest BCUT2D eigenvalue weighted by Gasteiger charge is -2.07. The summed E-state index contributed by atoms with van der Waals surface area (Å²) >= 11 is 3.49. The van der Waals surface area contributed by atoms with Gasteiger partial charge >= 0.3 is 0 Å². The molecule has 32 heavy (non-hydrogen) atoms. The van der Waals surface area contributed by atoms with Crippen molar-refractivity contribution in [3.05, 3.63) is 97.1 Å². The number of hydrogen-bond donors (Lipinski definition) is 0. The van der Waals surface area contributed by atoms with E-state index < -0.39 is 0 Å². The molecule has 2 nitrogen and oxygen atoms in total. The highest BCUT2D eigenvalue weighted by Crippen LogP contribution is 2.36. The summed E-state index contributed by atoms with van der Waals surface area (Å²) in [7, 11) is 0. The van der Waals surface area contributed by atoms with E-state index in [2.05, 4.69) is 84.9 Å². The van der Waals surface area contributed by atoms with Crippen LogP contribution in [0, 0.1) is 0 Å². The van der Waals surface area contributed by atoms with E-state index in [0.29, 0.717) is 0 Å². The zero-order valence-corrected chi connectivity index (χ0v) is 18.6. The zero-order valence-electron chi connectivity index (χ0n) is 16.9. The number of aromatic nitrogens is 2. The molecule has 0 amide bonds. The van der Waals surface area contributed by atoms with Gasteiger partial charge in [0.15, 0.2) is 0 Å². The molecule has 0 N–H and O–H groups in total. The Bertz CT molecular complexity index is 1590. The summed E-state index contributed by atoms with van der Waals surface area (Å²) in [6.07, 6.45) is 0. The molecule has 2 aromatic heterocycles. The van der Waals surface area contributed by atoms with Gasteiger partial charge in [-0.05, 0) is 57.9 Å². The molecule has 4 heteroatoms. The highest BCUT2D eigenvalue weighted by molar-refractivity contribution is 7.22. The monoisotopic (exact) mass is 444 g/mol. The van der Waals surface area contributed by atoms with E-state index in [4.69, 9.17) is 9.97 Å². The first kappa shape index (κ1) is 18.0. The van der Waals surface area contributed by atoms with Gasteiger partial charge < -0.3 is 0 Å². The molecule has 0 atom stereocenters. The third-order valence-corrected chi connectivity index (χ3v) is 8.09. The molecule has 0 aliphatic carbocycles. The van der Waals surface area contributed by atoms with E-state index in [9.17, 15) is 0 Å². The predicted octanol–water partition coefficient (Wildman–Crippen LogP) is 8.55. The fourth-order valence-corrected chi connectivity index (χ4v) is 6.25. The van der Waals surface area contributed by atoms with Gasteiger partial charge in [-0.3, -0.25) is 0 Å². The molecule has 0 spiro atoms. The molecule has 0 bridgehead atoms. The lowest BCUT2D eigenvalue weighted by atomic mass is 9.99. The maximum atomic E-state index is 4.83. The van der Waals surface area contributed by atoms with Crippen LogP contribution in [0.25, 0.3) is 63.1 Å². The van der Waals surface area contributed by atoms with Crippen LogP contribution in [0.4, 0.5) is 0 Å². The Hall–Kier alpha value is -3.60. The summed E-state index contributed by atoms with van der Waals surface area (Å²) in [4.78, 5) is 9.66. The van der Waals surface area contributed by atoms with E-state index in [1.165, 1.54) is 42.1 Å². The third-order valence-electron chi connectivity index (χ3n) is 5.92. The third kappa shape index (κ3) is 2.84. The summed E-state index contributed by atoms with van der Waals surface area (Å²) in [5.74, 6) is 0. The maximum absolute atomic E-state index is 4.83. The van der Waals surface area contributed by atoms with Crippen LogP contribution in [0.3, 0.4) is 0 Å². The van der Waals surface area contributed by atoms with Gasteiger partial charge in [-0.25, -0.2) is 9.97 Å². The van der Waals surface area contributed by atoms with E-state index in [1.807, 2.05) is 12.1 Å². The first-order valence-electron chi connectivity index (χ1n) is 10.5. The fraction of sp³-hybridized carbons (Fsp3) is 0. The van der Waals surface area contributed by atoms with Gasteiger partial charge in [-0.2, -0.15) is 0 Å². The zero-order chi connectivity index (χ0) is 21.1. The number of para-hydroxylation sites is 2. The van der Waals surface area contributed by atoms with Crippen LogP contribution < -0.4 is 0 Å². The Balaban J connectivity index is 1.34. The molecule has 0 radical (unpaired) electrons. The SMILES string of the molecule is c1ccc2sc(-c3ccc4c(ccc5cc(-c6nc7ccccc7s6)ccc54)c3)nc2c1. The van der Waals surface area contributed by atoms with Crippen LogP contribution >= 0.6 is 22.7 Å². The van der Waals surface area contributed by atoms with Crippen molar-refractivity contribution in [2.75, 3.05) is 0 Å². The minimum atomic E-state index is 1.06. The topological polar surface area (TPSA) is 25.8 Å². The van der Waals surface area contributed by atoms with Gasteiger partial charge in [-0.15, -0.1) is 22.7 Å². The highest BCUT2D eigenvalue weighted by Gasteiger charge is 2.10. The molecular formula is C28H16N2S2. The average molecular weight is 445 g/mol. The highest BCUT2D eigenvalue weighted by atomic mass is 32.1. The van der Waals surface area contributed by atoms with Gasteiger partial charge in [0.2, 0.25) is 0 Å². The van der Waals surface area contributed by atoms with Crippen molar-refractivity contribution in [1.82, 2.24) is 9.97 Å². The summed E-state index contributed by atoms with van der Waals surface area (Å²) in [5, 5.41) is 7.15. The predicted molar refractivity (Wildman–Crippen MR) is 139 cm³/mol. The van der Waals surface area contributed by atoms with E-state index in [-0.39, 0.29) is 0 Å². The minimum Gasteiger partial charge on any atom is -0.236 e. The molecule has 0 aliphatic rings. The van der Waals surface area contributed by atoms with Gasteiger partial charge in [0.1, 0.15) is 10.0 Å². The van der Waals surface area contributed by atoms with Crippen molar-refractivity contribution >= 4 is 64.7 Å². The number of fused-ring (bicyclic) bond motifs is 5. The summed E-state index contributed by atoms with van der Waals surface area (Å²) in [5.41, 5.74) is 4.47. The Morgan fingerprint density at radius 2 is 0.938 bits per heavy atom. The van der Waals surface area contributed by atoms with Crippen LogP contribution in [-0.4, -0.2) is 9.97 Å². The lowest BCUT2D eigenvalue weighted by molar-refractivity contribution is 1.48. The van der Waals surface area contributed by atoms with Gasteiger partial charge in [0, 0.05) is 11.1 Å². The quantitative estimate of drug-likeness (QED) is 0.250. The molecule has 0 fully saturated rings. The molecule has 0 aliphatic heterocycles. The molecule has 150 valence electrons. The Morgan fingerprint density at radius 1 is 0.469 bits per heavy atom. The number of benzene rings is 5. The molecule has 0 saturated heterocycles. The minimum absolute atomic E-state index is 1.06. The van der Waals surface area contributed by atoms with Crippen molar-refractivity contribution in [2.45, 2.75) is 0 Å². The van der Waals surface area contributed by atoms with Gasteiger partial charge in [0.25, 0.3) is 0 Å². The molecule has 0 unspecified atom stereocenters. The van der Waals surface area contributed by atoms with Crippen molar-refractivity contribution in [3.63, 3.8) is 0 Å². The smallest absolute Gasteiger partial charge is 0.124 e. The molecule has 7 aromatic rings.